The second kappa shape index (κ2) is 8.75. The van der Waals surface area contributed by atoms with Crippen molar-refractivity contribution in [3.63, 3.8) is 0 Å². The van der Waals surface area contributed by atoms with Gasteiger partial charge in [-0.3, -0.25) is 5.32 Å². The summed E-state index contributed by atoms with van der Waals surface area (Å²) < 4.78 is 13.0. The van der Waals surface area contributed by atoms with Gasteiger partial charge in [0.15, 0.2) is 0 Å². The van der Waals surface area contributed by atoms with E-state index in [0.717, 1.165) is 24.0 Å². The van der Waals surface area contributed by atoms with Crippen molar-refractivity contribution in [1.29, 1.82) is 5.26 Å². The Labute approximate surface area is 149 Å². The van der Waals surface area contributed by atoms with Gasteiger partial charge in [0.25, 0.3) is 0 Å². The summed E-state index contributed by atoms with van der Waals surface area (Å²) in [4.78, 5) is 0. The van der Waals surface area contributed by atoms with E-state index in [9.17, 15) is 14.8 Å². The van der Waals surface area contributed by atoms with E-state index in [2.05, 4.69) is 11.4 Å². The highest BCUT2D eigenvalue weighted by Gasteiger charge is 2.31. The van der Waals surface area contributed by atoms with Crippen LogP contribution in [0.5, 0.6) is 0 Å². The highest BCUT2D eigenvalue weighted by atomic mass is 19.1. The number of hydrogen-bond donors (Lipinski definition) is 2. The molecule has 0 amide bonds. The molecule has 2 aromatic rings. The summed E-state index contributed by atoms with van der Waals surface area (Å²) in [7, 11) is 0. The van der Waals surface area contributed by atoms with E-state index in [-0.39, 0.29) is 23.9 Å². The van der Waals surface area contributed by atoms with Crippen molar-refractivity contribution < 1.29 is 9.50 Å². The van der Waals surface area contributed by atoms with Crippen LogP contribution < -0.4 is 5.32 Å². The minimum Gasteiger partial charge on any atom is -0.394 e. The maximum absolute atomic E-state index is 13.0. The van der Waals surface area contributed by atoms with Gasteiger partial charge in [-0.1, -0.05) is 56.3 Å². The minimum atomic E-state index is -0.412. The fourth-order valence-corrected chi connectivity index (χ4v) is 2.84. The van der Waals surface area contributed by atoms with E-state index >= 15 is 0 Å². The van der Waals surface area contributed by atoms with Crippen LogP contribution in [0.4, 0.5) is 4.39 Å². The third-order valence-electron chi connectivity index (χ3n) is 4.63. The summed E-state index contributed by atoms with van der Waals surface area (Å²) in [6, 6.07) is 17.8. The lowest BCUT2D eigenvalue weighted by Gasteiger charge is -2.33. The van der Waals surface area contributed by atoms with Crippen molar-refractivity contribution in [2.24, 2.45) is 5.41 Å². The van der Waals surface area contributed by atoms with Gasteiger partial charge in [-0.05, 0) is 41.5 Å². The maximum atomic E-state index is 13.0. The molecule has 0 aliphatic heterocycles. The normalized spacial score (nSPS) is 13.9. The Morgan fingerprint density at radius 1 is 1.12 bits per heavy atom. The van der Waals surface area contributed by atoms with Crippen molar-refractivity contribution in [2.45, 2.75) is 38.8 Å². The summed E-state index contributed by atoms with van der Waals surface area (Å²) in [5.41, 5.74) is 1.71. The number of benzene rings is 2. The van der Waals surface area contributed by atoms with Gasteiger partial charge in [0.05, 0.1) is 18.7 Å². The Balaban J connectivity index is 2.04. The number of nitrogens with one attached hydrogen (secondary N) is 1. The highest BCUT2D eigenvalue weighted by Crippen LogP contribution is 2.29. The molecule has 0 aliphatic rings. The molecule has 2 atom stereocenters. The number of nitriles is 1. The van der Waals surface area contributed by atoms with Gasteiger partial charge < -0.3 is 5.11 Å². The van der Waals surface area contributed by atoms with E-state index in [4.69, 9.17) is 0 Å². The molecule has 0 spiro atoms. The number of halogens is 1. The van der Waals surface area contributed by atoms with Gasteiger partial charge >= 0.3 is 0 Å². The predicted molar refractivity (Wildman–Crippen MR) is 97.3 cm³/mol. The molecule has 2 rings (SSSR count). The lowest BCUT2D eigenvalue weighted by Crippen LogP contribution is -2.44. The van der Waals surface area contributed by atoms with Crippen LogP contribution in [0.25, 0.3) is 0 Å². The first-order valence-electron chi connectivity index (χ1n) is 8.52. The second-order valence-electron chi connectivity index (χ2n) is 6.99. The fraction of sp³-hybridized carbons (Fsp3) is 0.381. The smallest absolute Gasteiger partial charge is 0.123 e. The van der Waals surface area contributed by atoms with E-state index in [1.807, 2.05) is 44.2 Å². The lowest BCUT2D eigenvalue weighted by atomic mass is 9.79. The lowest BCUT2D eigenvalue weighted by molar-refractivity contribution is 0.196. The quantitative estimate of drug-likeness (QED) is 0.764. The SMILES string of the molecule is CC(C)(CCc1ccc(F)cc1)C(C#N)N[C@@H](CO)c1ccccc1. The van der Waals surface area contributed by atoms with Crippen LogP contribution in [0.15, 0.2) is 54.6 Å². The Bertz CT molecular complexity index is 692. The molecule has 132 valence electrons. The van der Waals surface area contributed by atoms with Gasteiger partial charge in [0, 0.05) is 0 Å². The summed E-state index contributed by atoms with van der Waals surface area (Å²) >= 11 is 0. The third kappa shape index (κ3) is 5.38. The average molecular weight is 340 g/mol. The Kier molecular flexibility index (Phi) is 6.69. The predicted octanol–water partition coefficient (Wildman–Crippen LogP) is 4.00. The van der Waals surface area contributed by atoms with Crippen LogP contribution in [0.1, 0.15) is 37.4 Å². The third-order valence-corrected chi connectivity index (χ3v) is 4.63. The zero-order valence-corrected chi connectivity index (χ0v) is 14.7. The number of aryl methyl sites for hydroxylation is 1. The van der Waals surface area contributed by atoms with Crippen LogP contribution in [-0.4, -0.2) is 17.8 Å². The molecule has 3 nitrogen and oxygen atoms in total. The van der Waals surface area contributed by atoms with Crippen LogP contribution in [0, 0.1) is 22.6 Å². The maximum Gasteiger partial charge on any atom is 0.123 e. The van der Waals surface area contributed by atoms with E-state index in [0.29, 0.717) is 0 Å². The topological polar surface area (TPSA) is 56.0 Å². The molecule has 0 saturated carbocycles. The zero-order chi connectivity index (χ0) is 18.3. The summed E-state index contributed by atoms with van der Waals surface area (Å²) in [5.74, 6) is -0.242. The first kappa shape index (κ1) is 19.1. The van der Waals surface area contributed by atoms with Crippen LogP contribution in [-0.2, 0) is 6.42 Å². The first-order chi connectivity index (χ1) is 12.0. The molecule has 2 N–H and O–H groups in total. The largest absolute Gasteiger partial charge is 0.394 e. The monoisotopic (exact) mass is 340 g/mol. The van der Waals surface area contributed by atoms with Gasteiger partial charge in [0.2, 0.25) is 0 Å². The van der Waals surface area contributed by atoms with Gasteiger partial charge in [0.1, 0.15) is 11.9 Å². The molecule has 2 aromatic carbocycles. The summed E-state index contributed by atoms with van der Waals surface area (Å²) in [5, 5.41) is 22.6. The molecule has 0 aromatic heterocycles. The number of hydrogen-bond acceptors (Lipinski definition) is 3. The van der Waals surface area contributed by atoms with Crippen LogP contribution >= 0.6 is 0 Å². The summed E-state index contributed by atoms with van der Waals surface area (Å²) in [6.45, 7) is 4.00. The van der Waals surface area contributed by atoms with Gasteiger partial charge in [-0.15, -0.1) is 0 Å². The molecule has 0 radical (unpaired) electrons. The fourth-order valence-electron chi connectivity index (χ4n) is 2.84. The molecular formula is C21H25FN2O. The first-order valence-corrected chi connectivity index (χ1v) is 8.52. The molecule has 1 unspecified atom stereocenters. The number of aliphatic hydroxyl groups excluding tert-OH is 1. The van der Waals surface area contributed by atoms with Crippen molar-refractivity contribution in [3.05, 3.63) is 71.5 Å². The van der Waals surface area contributed by atoms with Crippen molar-refractivity contribution in [2.75, 3.05) is 6.61 Å². The average Bonchev–Trinajstić information content (AvgIpc) is 2.63. The van der Waals surface area contributed by atoms with E-state index in [1.165, 1.54) is 12.1 Å². The molecule has 0 aliphatic carbocycles. The van der Waals surface area contributed by atoms with Gasteiger partial charge in [-0.25, -0.2) is 4.39 Å². The van der Waals surface area contributed by atoms with Gasteiger partial charge in [-0.2, -0.15) is 5.26 Å². The Morgan fingerprint density at radius 3 is 2.32 bits per heavy atom. The Hall–Kier alpha value is -2.22. The van der Waals surface area contributed by atoms with Crippen molar-refractivity contribution in [1.82, 2.24) is 5.32 Å². The number of nitrogens with zero attached hydrogens (tertiary/aromatic N) is 1. The second-order valence-corrected chi connectivity index (χ2v) is 6.99. The van der Waals surface area contributed by atoms with Crippen LogP contribution in [0.2, 0.25) is 0 Å². The van der Waals surface area contributed by atoms with E-state index < -0.39 is 6.04 Å². The van der Waals surface area contributed by atoms with Crippen LogP contribution in [0.3, 0.4) is 0 Å². The standard InChI is InChI=1S/C21H25FN2O/c1-21(2,13-12-16-8-10-18(22)11-9-16)20(14-23)24-19(15-25)17-6-4-3-5-7-17/h3-11,19-20,24-25H,12-13,15H2,1-2H3/t19-,20?/m0/s1. The molecule has 0 fully saturated rings. The molecular weight excluding hydrogens is 315 g/mol. The van der Waals surface area contributed by atoms with Crippen molar-refractivity contribution in [3.8, 4) is 6.07 Å². The number of rotatable bonds is 8. The van der Waals surface area contributed by atoms with Crippen molar-refractivity contribution >= 4 is 0 Å². The summed E-state index contributed by atoms with van der Waals surface area (Å²) in [6.07, 6.45) is 1.54. The minimum absolute atomic E-state index is 0.0732. The highest BCUT2D eigenvalue weighted by molar-refractivity contribution is 5.20. The Morgan fingerprint density at radius 2 is 1.76 bits per heavy atom. The molecule has 4 heteroatoms. The molecule has 25 heavy (non-hydrogen) atoms. The zero-order valence-electron chi connectivity index (χ0n) is 14.7. The molecule has 0 bridgehead atoms. The molecule has 0 saturated heterocycles. The molecule has 0 heterocycles. The number of aliphatic hydroxyl groups is 1. The van der Waals surface area contributed by atoms with E-state index in [1.54, 1.807) is 12.1 Å².